The Labute approximate surface area is 182 Å². The first kappa shape index (κ1) is 22.5. The molecule has 3 amide bonds. The smallest absolute Gasteiger partial charge is 0.256 e. The van der Waals surface area contributed by atoms with Crippen LogP contribution in [0.15, 0.2) is 18.2 Å². The number of ether oxygens (including phenoxy) is 1. The molecule has 3 rings (SSSR count). The Kier molecular flexibility index (Phi) is 8.07. The van der Waals surface area contributed by atoms with Crippen LogP contribution in [0.5, 0.6) is 0 Å². The zero-order chi connectivity index (χ0) is 21.5. The zero-order valence-corrected chi connectivity index (χ0v) is 18.1. The lowest BCUT2D eigenvalue weighted by atomic mass is 10.1. The van der Waals surface area contributed by atoms with Crippen LogP contribution >= 0.6 is 11.6 Å². The van der Waals surface area contributed by atoms with E-state index < -0.39 is 0 Å². The van der Waals surface area contributed by atoms with E-state index in [0.717, 1.165) is 12.8 Å². The first-order valence-electron chi connectivity index (χ1n) is 10.4. The number of rotatable bonds is 8. The number of halogens is 1. The third-order valence-electron chi connectivity index (χ3n) is 5.43. The number of nitrogens with zero attached hydrogens (tertiary/aromatic N) is 3. The summed E-state index contributed by atoms with van der Waals surface area (Å²) in [6.07, 6.45) is 2.06. The molecule has 9 heteroatoms. The summed E-state index contributed by atoms with van der Waals surface area (Å²) in [5.74, 6) is -0.101. The maximum absolute atomic E-state index is 13.2. The number of methoxy groups -OCH3 is 1. The van der Waals surface area contributed by atoms with E-state index in [2.05, 4.69) is 5.32 Å². The number of hydrogen-bond donors (Lipinski definition) is 1. The highest BCUT2D eigenvalue weighted by Gasteiger charge is 2.29. The summed E-state index contributed by atoms with van der Waals surface area (Å²) < 4.78 is 4.97. The van der Waals surface area contributed by atoms with Crippen LogP contribution in [0, 0.1) is 0 Å². The van der Waals surface area contributed by atoms with Crippen molar-refractivity contribution in [2.75, 3.05) is 64.4 Å². The van der Waals surface area contributed by atoms with Crippen molar-refractivity contribution >= 4 is 35.0 Å². The van der Waals surface area contributed by atoms with E-state index in [-0.39, 0.29) is 17.7 Å². The van der Waals surface area contributed by atoms with Gasteiger partial charge in [0.2, 0.25) is 11.8 Å². The Morgan fingerprint density at radius 3 is 2.60 bits per heavy atom. The Morgan fingerprint density at radius 2 is 1.93 bits per heavy atom. The molecule has 0 aliphatic carbocycles. The lowest BCUT2D eigenvalue weighted by molar-refractivity contribution is -0.122. The van der Waals surface area contributed by atoms with Gasteiger partial charge in [-0.25, -0.2) is 0 Å². The summed E-state index contributed by atoms with van der Waals surface area (Å²) in [4.78, 5) is 42.9. The number of anilines is 1. The summed E-state index contributed by atoms with van der Waals surface area (Å²) in [7, 11) is 1.64. The molecular weight excluding hydrogens is 408 g/mol. The highest BCUT2D eigenvalue weighted by atomic mass is 35.5. The molecule has 1 aromatic carbocycles. The van der Waals surface area contributed by atoms with E-state index in [1.807, 2.05) is 4.90 Å². The molecule has 2 fully saturated rings. The molecule has 1 aromatic rings. The molecule has 8 nitrogen and oxygen atoms in total. The third kappa shape index (κ3) is 5.71. The molecule has 0 bridgehead atoms. The summed E-state index contributed by atoms with van der Waals surface area (Å²) in [6.45, 7) is 4.47. The van der Waals surface area contributed by atoms with Crippen LogP contribution in [0.3, 0.4) is 0 Å². The average molecular weight is 437 g/mol. The molecule has 0 unspecified atom stereocenters. The summed E-state index contributed by atoms with van der Waals surface area (Å²) in [5, 5.41) is 3.38. The number of piperazine rings is 1. The summed E-state index contributed by atoms with van der Waals surface area (Å²) in [5.41, 5.74) is 1.09. The van der Waals surface area contributed by atoms with Crippen LogP contribution < -0.4 is 10.2 Å². The van der Waals surface area contributed by atoms with E-state index in [0.29, 0.717) is 75.1 Å². The van der Waals surface area contributed by atoms with Gasteiger partial charge in [0.05, 0.1) is 17.8 Å². The van der Waals surface area contributed by atoms with Gasteiger partial charge < -0.3 is 19.9 Å². The first-order chi connectivity index (χ1) is 14.5. The summed E-state index contributed by atoms with van der Waals surface area (Å²) >= 11 is 6.14. The Balaban J connectivity index is 1.56. The van der Waals surface area contributed by atoms with Crippen molar-refractivity contribution in [2.24, 2.45) is 0 Å². The number of amides is 3. The van der Waals surface area contributed by atoms with Crippen molar-refractivity contribution in [3.8, 4) is 0 Å². The fourth-order valence-electron chi connectivity index (χ4n) is 3.79. The van der Waals surface area contributed by atoms with Crippen LogP contribution in [0.25, 0.3) is 0 Å². The fourth-order valence-corrected chi connectivity index (χ4v) is 3.96. The largest absolute Gasteiger partial charge is 0.385 e. The van der Waals surface area contributed by atoms with E-state index >= 15 is 0 Å². The predicted octanol–water partition coefficient (Wildman–Crippen LogP) is 1.38. The molecule has 164 valence electrons. The Bertz CT molecular complexity index is 780. The monoisotopic (exact) mass is 436 g/mol. The molecule has 0 spiro atoms. The SMILES string of the molecule is COCCCNC(=O)CN1CCN(C(=O)c2ccc(Cl)cc2N2CCCC2=O)CC1. The quantitative estimate of drug-likeness (QED) is 0.622. The minimum atomic E-state index is -0.106. The van der Waals surface area contributed by atoms with E-state index in [1.54, 1.807) is 35.1 Å². The molecule has 30 heavy (non-hydrogen) atoms. The van der Waals surface area contributed by atoms with Gasteiger partial charge in [-0.15, -0.1) is 0 Å². The molecule has 0 atom stereocenters. The van der Waals surface area contributed by atoms with E-state index in [1.165, 1.54) is 0 Å². The van der Waals surface area contributed by atoms with Gasteiger partial charge >= 0.3 is 0 Å². The molecule has 2 aliphatic heterocycles. The van der Waals surface area contributed by atoms with Gasteiger partial charge in [0.1, 0.15) is 0 Å². The summed E-state index contributed by atoms with van der Waals surface area (Å²) in [6, 6.07) is 5.08. The minimum Gasteiger partial charge on any atom is -0.385 e. The van der Waals surface area contributed by atoms with Crippen molar-refractivity contribution < 1.29 is 19.1 Å². The average Bonchev–Trinajstić information content (AvgIpc) is 3.17. The van der Waals surface area contributed by atoms with Gasteiger partial charge in [-0.05, 0) is 31.0 Å². The maximum atomic E-state index is 13.2. The minimum absolute atomic E-state index is 0.0154. The third-order valence-corrected chi connectivity index (χ3v) is 5.66. The Hall–Kier alpha value is -2.16. The highest BCUT2D eigenvalue weighted by molar-refractivity contribution is 6.31. The van der Waals surface area contributed by atoms with Gasteiger partial charge in [-0.3, -0.25) is 19.3 Å². The Morgan fingerprint density at radius 1 is 1.17 bits per heavy atom. The molecule has 2 saturated heterocycles. The standard InChI is InChI=1S/C21H29ClN4O4/c1-30-13-3-7-23-19(27)15-24-9-11-25(12-10-24)21(29)17-6-5-16(22)14-18(17)26-8-2-4-20(26)28/h5-6,14H,2-4,7-13,15H2,1H3,(H,23,27). The molecular formula is C21H29ClN4O4. The van der Waals surface area contributed by atoms with Crippen molar-refractivity contribution in [1.82, 2.24) is 15.1 Å². The van der Waals surface area contributed by atoms with E-state index in [9.17, 15) is 14.4 Å². The second-order valence-corrected chi connectivity index (χ2v) is 8.01. The topological polar surface area (TPSA) is 82.2 Å². The number of hydrogen-bond acceptors (Lipinski definition) is 5. The number of nitrogens with one attached hydrogen (secondary N) is 1. The lowest BCUT2D eigenvalue weighted by Crippen LogP contribution is -2.51. The number of carbonyl (C=O) groups excluding carboxylic acids is 3. The van der Waals surface area contributed by atoms with Crippen LogP contribution in [0.2, 0.25) is 5.02 Å². The second-order valence-electron chi connectivity index (χ2n) is 7.58. The zero-order valence-electron chi connectivity index (χ0n) is 17.4. The normalized spacial score (nSPS) is 17.5. The van der Waals surface area contributed by atoms with Crippen LogP contribution in [0.4, 0.5) is 5.69 Å². The van der Waals surface area contributed by atoms with Crippen LogP contribution in [-0.2, 0) is 14.3 Å². The fraction of sp³-hybridized carbons (Fsp3) is 0.571. The molecule has 0 radical (unpaired) electrons. The molecule has 0 saturated carbocycles. The number of carbonyl (C=O) groups is 3. The highest BCUT2D eigenvalue weighted by Crippen LogP contribution is 2.29. The van der Waals surface area contributed by atoms with Crippen molar-refractivity contribution in [2.45, 2.75) is 19.3 Å². The van der Waals surface area contributed by atoms with Gasteiger partial charge in [0.15, 0.2) is 0 Å². The van der Waals surface area contributed by atoms with Gasteiger partial charge in [0.25, 0.3) is 5.91 Å². The van der Waals surface area contributed by atoms with Crippen molar-refractivity contribution in [3.05, 3.63) is 28.8 Å². The number of benzene rings is 1. The van der Waals surface area contributed by atoms with E-state index in [4.69, 9.17) is 16.3 Å². The van der Waals surface area contributed by atoms with Crippen molar-refractivity contribution in [3.63, 3.8) is 0 Å². The predicted molar refractivity (Wildman–Crippen MR) is 115 cm³/mol. The van der Waals surface area contributed by atoms with Gasteiger partial charge in [0, 0.05) is 64.4 Å². The van der Waals surface area contributed by atoms with Crippen molar-refractivity contribution in [1.29, 1.82) is 0 Å². The van der Waals surface area contributed by atoms with Gasteiger partial charge in [-0.2, -0.15) is 0 Å². The van der Waals surface area contributed by atoms with Gasteiger partial charge in [-0.1, -0.05) is 11.6 Å². The lowest BCUT2D eigenvalue weighted by Gasteiger charge is -2.35. The van der Waals surface area contributed by atoms with Crippen LogP contribution in [-0.4, -0.2) is 87.1 Å². The molecule has 2 aliphatic rings. The second kappa shape index (κ2) is 10.7. The maximum Gasteiger partial charge on any atom is 0.256 e. The molecule has 2 heterocycles. The molecule has 0 aromatic heterocycles. The molecule has 1 N–H and O–H groups in total. The van der Waals surface area contributed by atoms with Crippen LogP contribution in [0.1, 0.15) is 29.6 Å². The first-order valence-corrected chi connectivity index (χ1v) is 10.7.